The van der Waals surface area contributed by atoms with Gasteiger partial charge in [-0.2, -0.15) is 0 Å². The van der Waals surface area contributed by atoms with Crippen molar-refractivity contribution in [2.24, 2.45) is 0 Å². The zero-order valence-electron chi connectivity index (χ0n) is 7.66. The van der Waals surface area contributed by atoms with Crippen molar-refractivity contribution in [3.63, 3.8) is 0 Å². The van der Waals surface area contributed by atoms with E-state index in [4.69, 9.17) is 10.5 Å². The van der Waals surface area contributed by atoms with Gasteiger partial charge in [0.2, 0.25) is 5.88 Å². The van der Waals surface area contributed by atoms with Gasteiger partial charge < -0.3 is 10.5 Å². The molecule has 0 fully saturated rings. The third-order valence-corrected chi connectivity index (χ3v) is 1.17. The lowest BCUT2D eigenvalue weighted by Gasteiger charge is -2.20. The molecule has 0 aliphatic carbocycles. The van der Waals surface area contributed by atoms with E-state index in [-0.39, 0.29) is 5.60 Å². The van der Waals surface area contributed by atoms with Gasteiger partial charge in [-0.15, -0.1) is 0 Å². The molecule has 2 N–H and O–H groups in total. The molecule has 1 heterocycles. The van der Waals surface area contributed by atoms with Crippen LogP contribution in [0, 0.1) is 0 Å². The summed E-state index contributed by atoms with van der Waals surface area (Å²) < 4.78 is 5.49. The van der Waals surface area contributed by atoms with Gasteiger partial charge in [0.05, 0.1) is 0 Å². The van der Waals surface area contributed by atoms with Gasteiger partial charge in [-0.1, -0.05) is 0 Å². The van der Waals surface area contributed by atoms with Crippen LogP contribution >= 0.6 is 0 Å². The Bertz CT molecular complexity index is 265. The number of nitrogens with zero attached hydrogens (tertiary/aromatic N) is 1. The number of pyridine rings is 1. The van der Waals surface area contributed by atoms with Crippen LogP contribution in [0.3, 0.4) is 0 Å². The SMILES string of the molecule is CC(C)(C)Oc1cc(N)ccn1. The normalized spacial score (nSPS) is 11.2. The molecular weight excluding hydrogens is 152 g/mol. The summed E-state index contributed by atoms with van der Waals surface area (Å²) in [6, 6.07) is 3.45. The van der Waals surface area contributed by atoms with E-state index in [0.717, 1.165) is 0 Å². The second-order valence-corrected chi connectivity index (χ2v) is 3.64. The van der Waals surface area contributed by atoms with E-state index in [1.165, 1.54) is 0 Å². The third-order valence-electron chi connectivity index (χ3n) is 1.17. The summed E-state index contributed by atoms with van der Waals surface area (Å²) in [6.45, 7) is 5.91. The topological polar surface area (TPSA) is 48.1 Å². The highest BCUT2D eigenvalue weighted by Gasteiger charge is 2.12. The summed E-state index contributed by atoms with van der Waals surface area (Å²) in [4.78, 5) is 4.02. The van der Waals surface area contributed by atoms with Crippen LogP contribution in [-0.4, -0.2) is 10.6 Å². The Kier molecular flexibility index (Phi) is 2.22. The molecule has 1 rings (SSSR count). The zero-order chi connectivity index (χ0) is 9.19. The first-order valence-corrected chi connectivity index (χ1v) is 3.88. The minimum Gasteiger partial charge on any atom is -0.472 e. The second-order valence-electron chi connectivity index (χ2n) is 3.64. The van der Waals surface area contributed by atoms with E-state index in [0.29, 0.717) is 11.6 Å². The molecule has 3 heteroatoms. The van der Waals surface area contributed by atoms with Crippen LogP contribution in [0.4, 0.5) is 5.69 Å². The van der Waals surface area contributed by atoms with Crippen molar-refractivity contribution in [1.29, 1.82) is 0 Å². The van der Waals surface area contributed by atoms with E-state index in [1.807, 2.05) is 20.8 Å². The highest BCUT2D eigenvalue weighted by molar-refractivity contribution is 5.39. The first kappa shape index (κ1) is 8.84. The summed E-state index contributed by atoms with van der Waals surface area (Å²) >= 11 is 0. The maximum atomic E-state index is 5.56. The van der Waals surface area contributed by atoms with Crippen molar-refractivity contribution in [2.45, 2.75) is 26.4 Å². The number of nitrogen functional groups attached to an aromatic ring is 1. The van der Waals surface area contributed by atoms with E-state index >= 15 is 0 Å². The van der Waals surface area contributed by atoms with Crippen LogP contribution in [-0.2, 0) is 0 Å². The Balaban J connectivity index is 2.77. The summed E-state index contributed by atoms with van der Waals surface area (Å²) in [5.74, 6) is 0.572. The molecule has 0 aliphatic heterocycles. The van der Waals surface area contributed by atoms with Gasteiger partial charge >= 0.3 is 0 Å². The Labute approximate surface area is 72.6 Å². The maximum absolute atomic E-state index is 5.56. The Hall–Kier alpha value is -1.25. The molecule has 0 aromatic carbocycles. The fraction of sp³-hybridized carbons (Fsp3) is 0.444. The molecule has 0 spiro atoms. The van der Waals surface area contributed by atoms with Crippen molar-refractivity contribution in [1.82, 2.24) is 4.98 Å². The quantitative estimate of drug-likeness (QED) is 0.692. The average Bonchev–Trinajstić information content (AvgIpc) is 1.82. The van der Waals surface area contributed by atoms with E-state index < -0.39 is 0 Å². The average molecular weight is 166 g/mol. The van der Waals surface area contributed by atoms with Gasteiger partial charge in [0.25, 0.3) is 0 Å². The van der Waals surface area contributed by atoms with Gasteiger partial charge in [-0.05, 0) is 26.8 Å². The van der Waals surface area contributed by atoms with Crippen LogP contribution in [0.2, 0.25) is 0 Å². The lowest BCUT2D eigenvalue weighted by atomic mass is 10.2. The van der Waals surface area contributed by atoms with Crippen LogP contribution in [0.25, 0.3) is 0 Å². The van der Waals surface area contributed by atoms with Crippen molar-refractivity contribution < 1.29 is 4.74 Å². The van der Waals surface area contributed by atoms with Gasteiger partial charge in [0.1, 0.15) is 5.60 Å². The molecule has 1 aromatic heterocycles. The minimum absolute atomic E-state index is 0.221. The summed E-state index contributed by atoms with van der Waals surface area (Å²) in [6.07, 6.45) is 1.64. The van der Waals surface area contributed by atoms with Crippen LogP contribution < -0.4 is 10.5 Å². The van der Waals surface area contributed by atoms with Gasteiger partial charge in [-0.25, -0.2) is 4.98 Å². The Morgan fingerprint density at radius 2 is 2.08 bits per heavy atom. The molecule has 1 aromatic rings. The van der Waals surface area contributed by atoms with Gasteiger partial charge in [-0.3, -0.25) is 0 Å². The predicted octanol–water partition coefficient (Wildman–Crippen LogP) is 1.84. The Morgan fingerprint density at radius 3 is 2.58 bits per heavy atom. The van der Waals surface area contributed by atoms with Crippen molar-refractivity contribution in [3.05, 3.63) is 18.3 Å². The first-order valence-electron chi connectivity index (χ1n) is 3.88. The number of ether oxygens (including phenoxy) is 1. The molecule has 0 bridgehead atoms. The van der Waals surface area contributed by atoms with Crippen LogP contribution in [0.15, 0.2) is 18.3 Å². The molecule has 0 radical (unpaired) electrons. The van der Waals surface area contributed by atoms with E-state index in [9.17, 15) is 0 Å². The number of aromatic nitrogens is 1. The third kappa shape index (κ3) is 2.78. The number of anilines is 1. The molecule has 0 amide bonds. The number of hydrogen-bond donors (Lipinski definition) is 1. The van der Waals surface area contributed by atoms with Crippen molar-refractivity contribution >= 4 is 5.69 Å². The molecule has 0 unspecified atom stereocenters. The van der Waals surface area contributed by atoms with E-state index in [1.54, 1.807) is 18.3 Å². The second kappa shape index (κ2) is 3.01. The van der Waals surface area contributed by atoms with Crippen LogP contribution in [0.1, 0.15) is 20.8 Å². The van der Waals surface area contributed by atoms with Crippen LogP contribution in [0.5, 0.6) is 5.88 Å². The largest absolute Gasteiger partial charge is 0.472 e. The Morgan fingerprint density at radius 1 is 1.42 bits per heavy atom. The number of rotatable bonds is 1. The highest BCUT2D eigenvalue weighted by Crippen LogP contribution is 2.16. The monoisotopic (exact) mass is 166 g/mol. The fourth-order valence-corrected chi connectivity index (χ4v) is 0.794. The standard InChI is InChI=1S/C9H14N2O/c1-9(2,3)12-8-6-7(10)4-5-11-8/h4-6H,1-3H3,(H2,10,11). The maximum Gasteiger partial charge on any atom is 0.215 e. The van der Waals surface area contributed by atoms with Crippen molar-refractivity contribution in [3.8, 4) is 5.88 Å². The van der Waals surface area contributed by atoms with E-state index in [2.05, 4.69) is 4.98 Å². The smallest absolute Gasteiger partial charge is 0.215 e. The van der Waals surface area contributed by atoms with Gasteiger partial charge in [0, 0.05) is 18.0 Å². The molecule has 0 saturated heterocycles. The predicted molar refractivity (Wildman–Crippen MR) is 49.0 cm³/mol. The van der Waals surface area contributed by atoms with Gasteiger partial charge in [0.15, 0.2) is 0 Å². The summed E-state index contributed by atoms with van der Waals surface area (Å²) in [7, 11) is 0. The number of nitrogens with two attached hydrogens (primary N) is 1. The molecule has 0 aliphatic rings. The highest BCUT2D eigenvalue weighted by atomic mass is 16.5. The molecule has 12 heavy (non-hydrogen) atoms. The lowest BCUT2D eigenvalue weighted by Crippen LogP contribution is -2.23. The summed E-state index contributed by atoms with van der Waals surface area (Å²) in [5, 5.41) is 0. The lowest BCUT2D eigenvalue weighted by molar-refractivity contribution is 0.124. The molecule has 66 valence electrons. The number of hydrogen-bond acceptors (Lipinski definition) is 3. The fourth-order valence-electron chi connectivity index (χ4n) is 0.794. The zero-order valence-corrected chi connectivity index (χ0v) is 7.66. The molecule has 0 saturated carbocycles. The molecule has 0 atom stereocenters. The summed E-state index contributed by atoms with van der Waals surface area (Å²) in [5.41, 5.74) is 6.01. The minimum atomic E-state index is -0.221. The molecular formula is C9H14N2O. The van der Waals surface area contributed by atoms with Crippen molar-refractivity contribution in [2.75, 3.05) is 5.73 Å². The molecule has 3 nitrogen and oxygen atoms in total. The first-order chi connectivity index (χ1) is 5.47.